The van der Waals surface area contributed by atoms with Crippen LogP contribution in [0.5, 0.6) is 0 Å². The first kappa shape index (κ1) is 20.8. The van der Waals surface area contributed by atoms with E-state index in [4.69, 9.17) is 16.6 Å². The minimum atomic E-state index is -0.999. The van der Waals surface area contributed by atoms with Gasteiger partial charge >= 0.3 is 5.97 Å². The first-order chi connectivity index (χ1) is 14.5. The molecule has 7 heteroatoms. The third-order valence-electron chi connectivity index (χ3n) is 5.39. The van der Waals surface area contributed by atoms with E-state index in [1.807, 2.05) is 48.5 Å². The third kappa shape index (κ3) is 4.65. The van der Waals surface area contributed by atoms with Gasteiger partial charge in [0.15, 0.2) is 0 Å². The predicted molar refractivity (Wildman–Crippen MR) is 121 cm³/mol. The maximum Gasteiger partial charge on any atom is 0.339 e. The van der Waals surface area contributed by atoms with Crippen LogP contribution in [-0.4, -0.2) is 27.6 Å². The van der Waals surface area contributed by atoms with Gasteiger partial charge in [-0.3, -0.25) is 0 Å². The van der Waals surface area contributed by atoms with Crippen molar-refractivity contribution in [2.24, 2.45) is 0 Å². The van der Waals surface area contributed by atoms with Crippen LogP contribution in [0.2, 0.25) is 5.02 Å². The number of carboxylic acids is 1. The molecule has 1 atom stereocenters. The number of hydrogen-bond acceptors (Lipinski definition) is 4. The van der Waals surface area contributed by atoms with Crippen LogP contribution in [0.15, 0.2) is 59.2 Å². The Labute approximate surface area is 188 Å². The highest BCUT2D eigenvalue weighted by Crippen LogP contribution is 2.35. The average Bonchev–Trinajstić information content (AvgIpc) is 3.22. The number of rotatable bonds is 6. The number of carboxylic acid groups (broad SMARTS) is 1. The molecular weight excluding hydrogens is 466 g/mol. The van der Waals surface area contributed by atoms with Crippen molar-refractivity contribution in [3.05, 3.63) is 86.6 Å². The Morgan fingerprint density at radius 1 is 1.20 bits per heavy atom. The summed E-state index contributed by atoms with van der Waals surface area (Å²) in [4.78, 5) is 23.0. The minimum Gasteiger partial charge on any atom is -0.478 e. The van der Waals surface area contributed by atoms with Crippen LogP contribution in [0, 0.1) is 0 Å². The number of halogens is 2. The predicted octanol–water partition coefficient (Wildman–Crippen LogP) is 5.72. The molecule has 154 valence electrons. The number of hydrogen-bond donors (Lipinski definition) is 1. The number of benzene rings is 2. The molecule has 4 rings (SSSR count). The highest BCUT2D eigenvalue weighted by Gasteiger charge is 2.29. The van der Waals surface area contributed by atoms with E-state index in [-0.39, 0.29) is 11.6 Å². The van der Waals surface area contributed by atoms with E-state index < -0.39 is 5.97 Å². The lowest BCUT2D eigenvalue weighted by Crippen LogP contribution is -2.25. The van der Waals surface area contributed by atoms with E-state index in [9.17, 15) is 9.90 Å². The maximum atomic E-state index is 11.7. The highest BCUT2D eigenvalue weighted by molar-refractivity contribution is 9.10. The molecule has 0 aliphatic carbocycles. The lowest BCUT2D eigenvalue weighted by Gasteiger charge is -2.25. The molecule has 0 unspecified atom stereocenters. The molecule has 0 bridgehead atoms. The van der Waals surface area contributed by atoms with E-state index in [2.05, 4.69) is 25.8 Å². The number of nitrogens with zero attached hydrogens (tertiary/aromatic N) is 3. The quantitative estimate of drug-likeness (QED) is 0.483. The molecule has 1 saturated heterocycles. The lowest BCUT2D eigenvalue weighted by molar-refractivity contribution is 0.0694. The summed E-state index contributed by atoms with van der Waals surface area (Å²) >= 11 is 9.52. The summed E-state index contributed by atoms with van der Waals surface area (Å²) in [6, 6.07) is 16.0. The molecule has 1 aromatic heterocycles. The fourth-order valence-corrected chi connectivity index (χ4v) is 4.48. The molecule has 0 radical (unpaired) electrons. The standard InChI is InChI=1S/C23H21BrClN3O2/c24-17-4-1-3-15(13-17)6-11-20-19(22(29)30)14-26-23(27-20)28-12-2-5-21(28)16-7-9-18(25)10-8-16/h1,3-4,7-10,13-14,21H,2,5-6,11-12H2,(H,29,30)/t21-/m1/s1. The fraction of sp³-hybridized carbons (Fsp3) is 0.261. The van der Waals surface area contributed by atoms with Gasteiger partial charge in [-0.25, -0.2) is 14.8 Å². The topological polar surface area (TPSA) is 66.3 Å². The lowest BCUT2D eigenvalue weighted by atomic mass is 10.0. The van der Waals surface area contributed by atoms with Crippen LogP contribution in [0.25, 0.3) is 0 Å². The zero-order valence-corrected chi connectivity index (χ0v) is 18.6. The monoisotopic (exact) mass is 485 g/mol. The SMILES string of the molecule is O=C(O)c1cnc(N2CCC[C@@H]2c2ccc(Cl)cc2)nc1CCc1cccc(Br)c1. The molecule has 2 heterocycles. The second-order valence-corrected chi connectivity index (χ2v) is 8.72. The molecular formula is C23H21BrClN3O2. The summed E-state index contributed by atoms with van der Waals surface area (Å²) < 4.78 is 1.00. The normalized spacial score (nSPS) is 16.1. The van der Waals surface area contributed by atoms with Crippen molar-refractivity contribution in [1.82, 2.24) is 9.97 Å². The number of aromatic carboxylic acids is 1. The van der Waals surface area contributed by atoms with Gasteiger partial charge in [-0.2, -0.15) is 0 Å². The number of anilines is 1. The van der Waals surface area contributed by atoms with E-state index >= 15 is 0 Å². The van der Waals surface area contributed by atoms with Gasteiger partial charge in [-0.15, -0.1) is 0 Å². The first-order valence-electron chi connectivity index (χ1n) is 9.87. The molecule has 1 N–H and O–H groups in total. The van der Waals surface area contributed by atoms with Gasteiger partial charge < -0.3 is 10.0 Å². The van der Waals surface area contributed by atoms with Gasteiger partial charge in [0, 0.05) is 22.2 Å². The van der Waals surface area contributed by atoms with Gasteiger partial charge in [0.05, 0.1) is 17.3 Å². The number of carbonyl (C=O) groups is 1. The highest BCUT2D eigenvalue weighted by atomic mass is 79.9. The van der Waals surface area contributed by atoms with Crippen LogP contribution in [0.1, 0.15) is 46.1 Å². The minimum absolute atomic E-state index is 0.163. The van der Waals surface area contributed by atoms with Crippen LogP contribution in [0.4, 0.5) is 5.95 Å². The molecule has 0 amide bonds. The Kier molecular flexibility index (Phi) is 6.35. The van der Waals surface area contributed by atoms with Crippen LogP contribution in [0.3, 0.4) is 0 Å². The van der Waals surface area contributed by atoms with Gasteiger partial charge in [0.25, 0.3) is 0 Å². The largest absolute Gasteiger partial charge is 0.478 e. The Bertz CT molecular complexity index is 1060. The van der Waals surface area contributed by atoms with Gasteiger partial charge in [-0.05, 0) is 61.1 Å². The van der Waals surface area contributed by atoms with Crippen molar-refractivity contribution < 1.29 is 9.90 Å². The van der Waals surface area contributed by atoms with Crippen molar-refractivity contribution in [2.45, 2.75) is 31.7 Å². The molecule has 1 fully saturated rings. The summed E-state index contributed by atoms with van der Waals surface area (Å²) in [6.07, 6.45) is 4.71. The molecule has 30 heavy (non-hydrogen) atoms. The fourth-order valence-electron chi connectivity index (χ4n) is 3.91. The number of aromatic nitrogens is 2. The zero-order chi connectivity index (χ0) is 21.1. The number of aryl methyl sites for hydroxylation is 2. The van der Waals surface area contributed by atoms with E-state index in [1.165, 1.54) is 11.8 Å². The second kappa shape index (κ2) is 9.14. The van der Waals surface area contributed by atoms with Crippen molar-refractivity contribution in [1.29, 1.82) is 0 Å². The molecule has 5 nitrogen and oxygen atoms in total. The van der Waals surface area contributed by atoms with Crippen molar-refractivity contribution >= 4 is 39.4 Å². The van der Waals surface area contributed by atoms with Crippen LogP contribution >= 0.6 is 27.5 Å². The first-order valence-corrected chi connectivity index (χ1v) is 11.0. The molecule has 1 aliphatic rings. The molecule has 2 aromatic carbocycles. The third-order valence-corrected chi connectivity index (χ3v) is 6.13. The van der Waals surface area contributed by atoms with Crippen molar-refractivity contribution in [3.8, 4) is 0 Å². The Morgan fingerprint density at radius 3 is 2.73 bits per heavy atom. The van der Waals surface area contributed by atoms with Gasteiger partial charge in [0.2, 0.25) is 5.95 Å². The maximum absolute atomic E-state index is 11.7. The van der Waals surface area contributed by atoms with Gasteiger partial charge in [-0.1, -0.05) is 51.8 Å². The smallest absolute Gasteiger partial charge is 0.339 e. The van der Waals surface area contributed by atoms with Crippen LogP contribution < -0.4 is 4.90 Å². The Balaban J connectivity index is 1.61. The average molecular weight is 487 g/mol. The second-order valence-electron chi connectivity index (χ2n) is 7.37. The molecule has 3 aromatic rings. The summed E-state index contributed by atoms with van der Waals surface area (Å²) in [5, 5.41) is 10.3. The van der Waals surface area contributed by atoms with E-state index in [0.717, 1.165) is 29.4 Å². The Morgan fingerprint density at radius 2 is 2.00 bits per heavy atom. The van der Waals surface area contributed by atoms with Gasteiger partial charge in [0.1, 0.15) is 0 Å². The molecule has 0 saturated carbocycles. The zero-order valence-electron chi connectivity index (χ0n) is 16.3. The van der Waals surface area contributed by atoms with E-state index in [1.54, 1.807) is 0 Å². The summed E-state index contributed by atoms with van der Waals surface area (Å²) in [7, 11) is 0. The molecule has 0 spiro atoms. The summed E-state index contributed by atoms with van der Waals surface area (Å²) in [6.45, 7) is 0.838. The summed E-state index contributed by atoms with van der Waals surface area (Å²) in [5.74, 6) is -0.414. The summed E-state index contributed by atoms with van der Waals surface area (Å²) in [5.41, 5.74) is 3.02. The molecule has 1 aliphatic heterocycles. The van der Waals surface area contributed by atoms with Crippen molar-refractivity contribution in [3.63, 3.8) is 0 Å². The van der Waals surface area contributed by atoms with E-state index in [0.29, 0.717) is 29.5 Å². The Hall–Kier alpha value is -2.44. The van der Waals surface area contributed by atoms with Crippen molar-refractivity contribution in [2.75, 3.05) is 11.4 Å². The van der Waals surface area contributed by atoms with Crippen LogP contribution in [-0.2, 0) is 12.8 Å².